The van der Waals surface area contributed by atoms with Gasteiger partial charge in [0.1, 0.15) is 16.2 Å². The highest BCUT2D eigenvalue weighted by atomic mass is 32.2. The number of aryl methyl sites for hydroxylation is 1. The van der Waals surface area contributed by atoms with E-state index >= 15 is 0 Å². The van der Waals surface area contributed by atoms with Crippen LogP contribution in [0.1, 0.15) is 15.9 Å². The summed E-state index contributed by atoms with van der Waals surface area (Å²) in [6, 6.07) is 17.8. The zero-order valence-corrected chi connectivity index (χ0v) is 15.8. The summed E-state index contributed by atoms with van der Waals surface area (Å²) >= 11 is 3.08. The number of aromatic nitrogens is 2. The Kier molecular flexibility index (Phi) is 4.82. The molecule has 0 spiro atoms. The van der Waals surface area contributed by atoms with E-state index in [1.54, 1.807) is 17.7 Å². The third-order valence-electron chi connectivity index (χ3n) is 4.13. The summed E-state index contributed by atoms with van der Waals surface area (Å²) in [5.41, 5.74) is 4.23. The zero-order valence-electron chi connectivity index (χ0n) is 14.2. The van der Waals surface area contributed by atoms with Gasteiger partial charge in [-0.05, 0) is 12.5 Å². The zero-order chi connectivity index (χ0) is 17.9. The summed E-state index contributed by atoms with van der Waals surface area (Å²) in [7, 11) is 0. The minimum atomic E-state index is 0.106. The fourth-order valence-corrected chi connectivity index (χ4v) is 4.63. The molecule has 0 radical (unpaired) electrons. The monoisotopic (exact) mass is 376 g/mol. The van der Waals surface area contributed by atoms with Crippen LogP contribution in [0.25, 0.3) is 21.3 Å². The Hall–Kier alpha value is -2.50. The first-order chi connectivity index (χ1) is 12.7. The number of rotatable bonds is 5. The Balaban J connectivity index is 1.66. The number of thioether (sulfide) groups is 1. The Labute approximate surface area is 160 Å². The van der Waals surface area contributed by atoms with Crippen LogP contribution in [0.4, 0.5) is 0 Å². The second-order valence-electron chi connectivity index (χ2n) is 5.95. The molecule has 2 aromatic carbocycles. The van der Waals surface area contributed by atoms with Gasteiger partial charge in [-0.1, -0.05) is 71.9 Å². The quantitative estimate of drug-likeness (QED) is 0.257. The van der Waals surface area contributed by atoms with E-state index in [2.05, 4.69) is 46.5 Å². The summed E-state index contributed by atoms with van der Waals surface area (Å²) in [5, 5.41) is 4.01. The minimum Gasteiger partial charge on any atom is -0.293 e. The molecule has 4 rings (SSSR count). The highest BCUT2D eigenvalue weighted by Gasteiger charge is 2.15. The van der Waals surface area contributed by atoms with Crippen LogP contribution in [0.15, 0.2) is 71.3 Å². The number of fused-ring (bicyclic) bond motifs is 1. The van der Waals surface area contributed by atoms with Crippen LogP contribution < -0.4 is 0 Å². The lowest BCUT2D eigenvalue weighted by molar-refractivity contribution is 0.102. The maximum absolute atomic E-state index is 12.4. The van der Waals surface area contributed by atoms with Crippen LogP contribution in [-0.4, -0.2) is 21.5 Å². The fourth-order valence-electron chi connectivity index (χ4n) is 2.74. The molecule has 0 unspecified atom stereocenters. The SMILES string of the molecule is Cc1ccc(-c2csc3ncnc(SCC(=O)c4ccccc4)c23)cc1. The van der Waals surface area contributed by atoms with Gasteiger partial charge < -0.3 is 0 Å². The lowest BCUT2D eigenvalue weighted by Crippen LogP contribution is -2.02. The minimum absolute atomic E-state index is 0.106. The summed E-state index contributed by atoms with van der Waals surface area (Å²) in [5.74, 6) is 0.466. The Morgan fingerprint density at radius 2 is 1.81 bits per heavy atom. The van der Waals surface area contributed by atoms with Gasteiger partial charge in [0.2, 0.25) is 0 Å². The van der Waals surface area contributed by atoms with Crippen LogP contribution in [-0.2, 0) is 0 Å². The van der Waals surface area contributed by atoms with Crippen molar-refractivity contribution < 1.29 is 4.79 Å². The van der Waals surface area contributed by atoms with Gasteiger partial charge in [-0.15, -0.1) is 11.3 Å². The van der Waals surface area contributed by atoms with Gasteiger partial charge in [0.25, 0.3) is 0 Å². The normalized spacial score (nSPS) is 11.0. The average Bonchev–Trinajstić information content (AvgIpc) is 3.12. The maximum Gasteiger partial charge on any atom is 0.173 e. The van der Waals surface area contributed by atoms with E-state index in [0.717, 1.165) is 31.9 Å². The summed E-state index contributed by atoms with van der Waals surface area (Å²) < 4.78 is 0. The number of carbonyl (C=O) groups is 1. The number of carbonyl (C=O) groups excluding carboxylic acids is 1. The lowest BCUT2D eigenvalue weighted by atomic mass is 10.1. The Morgan fingerprint density at radius 3 is 2.58 bits per heavy atom. The van der Waals surface area contributed by atoms with Crippen molar-refractivity contribution in [3.8, 4) is 11.1 Å². The number of benzene rings is 2. The van der Waals surface area contributed by atoms with Crippen molar-refractivity contribution in [2.24, 2.45) is 0 Å². The molecule has 0 N–H and O–H groups in total. The molecule has 3 nitrogen and oxygen atoms in total. The van der Waals surface area contributed by atoms with Crippen molar-refractivity contribution in [1.29, 1.82) is 0 Å². The van der Waals surface area contributed by atoms with Crippen molar-refractivity contribution in [2.75, 3.05) is 5.75 Å². The lowest BCUT2D eigenvalue weighted by Gasteiger charge is -2.06. The summed E-state index contributed by atoms with van der Waals surface area (Å²) in [6.07, 6.45) is 1.58. The number of ketones is 1. The number of thiophene rings is 1. The molecule has 0 aliphatic heterocycles. The first-order valence-electron chi connectivity index (χ1n) is 8.22. The van der Waals surface area contributed by atoms with Crippen LogP contribution in [0.2, 0.25) is 0 Å². The molecular weight excluding hydrogens is 360 g/mol. The predicted octanol–water partition coefficient (Wildman–Crippen LogP) is 5.64. The van der Waals surface area contributed by atoms with Gasteiger partial charge >= 0.3 is 0 Å². The van der Waals surface area contributed by atoms with Crippen LogP contribution in [0, 0.1) is 6.92 Å². The van der Waals surface area contributed by atoms with Gasteiger partial charge in [0.05, 0.1) is 11.1 Å². The van der Waals surface area contributed by atoms with E-state index in [1.807, 2.05) is 30.3 Å². The average molecular weight is 377 g/mol. The van der Waals surface area contributed by atoms with Gasteiger partial charge in [-0.25, -0.2) is 9.97 Å². The number of nitrogens with zero attached hydrogens (tertiary/aromatic N) is 2. The van der Waals surface area contributed by atoms with Gasteiger partial charge in [0.15, 0.2) is 5.78 Å². The molecular formula is C21H16N2OS2. The molecule has 0 saturated carbocycles. The molecule has 0 bridgehead atoms. The molecule has 0 atom stereocenters. The summed E-state index contributed by atoms with van der Waals surface area (Å²) in [4.78, 5) is 22.2. The molecule has 26 heavy (non-hydrogen) atoms. The Morgan fingerprint density at radius 1 is 1.04 bits per heavy atom. The van der Waals surface area contributed by atoms with Crippen molar-refractivity contribution in [3.05, 3.63) is 77.4 Å². The van der Waals surface area contributed by atoms with Crippen molar-refractivity contribution >= 4 is 39.1 Å². The van der Waals surface area contributed by atoms with Crippen molar-refractivity contribution in [1.82, 2.24) is 9.97 Å². The highest BCUT2D eigenvalue weighted by Crippen LogP contribution is 2.38. The van der Waals surface area contributed by atoms with E-state index in [1.165, 1.54) is 17.3 Å². The smallest absolute Gasteiger partial charge is 0.173 e. The van der Waals surface area contributed by atoms with E-state index in [9.17, 15) is 4.79 Å². The second kappa shape index (κ2) is 7.40. The molecule has 2 heterocycles. The molecule has 128 valence electrons. The first kappa shape index (κ1) is 16.9. The van der Waals surface area contributed by atoms with Crippen LogP contribution in [0.5, 0.6) is 0 Å². The van der Waals surface area contributed by atoms with Crippen molar-refractivity contribution in [2.45, 2.75) is 11.9 Å². The third-order valence-corrected chi connectivity index (χ3v) is 6.01. The number of hydrogen-bond acceptors (Lipinski definition) is 5. The standard InChI is InChI=1S/C21H16N2OS2/c1-14-7-9-15(10-8-14)17-11-25-20-19(17)21(23-13-22-20)26-12-18(24)16-5-3-2-4-6-16/h2-11,13H,12H2,1H3. The topological polar surface area (TPSA) is 42.9 Å². The molecule has 0 aliphatic rings. The molecule has 0 fully saturated rings. The Bertz CT molecular complexity index is 1060. The van der Waals surface area contributed by atoms with Crippen LogP contribution >= 0.6 is 23.1 Å². The molecule has 2 aromatic heterocycles. The largest absolute Gasteiger partial charge is 0.293 e. The van der Waals surface area contributed by atoms with Crippen molar-refractivity contribution in [3.63, 3.8) is 0 Å². The van der Waals surface area contributed by atoms with E-state index in [-0.39, 0.29) is 5.78 Å². The summed E-state index contributed by atoms with van der Waals surface area (Å²) in [6.45, 7) is 2.08. The fraction of sp³-hybridized carbons (Fsp3) is 0.0952. The number of Topliss-reactive ketones (excluding diaryl/α,β-unsaturated/α-hetero) is 1. The predicted molar refractivity (Wildman–Crippen MR) is 109 cm³/mol. The molecule has 0 saturated heterocycles. The first-order valence-corrected chi connectivity index (χ1v) is 10.1. The van der Waals surface area contributed by atoms with Crippen LogP contribution in [0.3, 0.4) is 0 Å². The highest BCUT2D eigenvalue weighted by molar-refractivity contribution is 8.00. The molecule has 5 heteroatoms. The van der Waals surface area contributed by atoms with Gasteiger partial charge in [-0.3, -0.25) is 4.79 Å². The third kappa shape index (κ3) is 3.41. The van der Waals surface area contributed by atoms with E-state index < -0.39 is 0 Å². The second-order valence-corrected chi connectivity index (χ2v) is 7.77. The maximum atomic E-state index is 12.4. The van der Waals surface area contributed by atoms with E-state index in [4.69, 9.17) is 0 Å². The van der Waals surface area contributed by atoms with E-state index in [0.29, 0.717) is 5.75 Å². The molecule has 4 aromatic rings. The van der Waals surface area contributed by atoms with Gasteiger partial charge in [0, 0.05) is 16.5 Å². The molecule has 0 amide bonds. The number of hydrogen-bond donors (Lipinski definition) is 0. The molecule has 0 aliphatic carbocycles. The van der Waals surface area contributed by atoms with Gasteiger partial charge in [-0.2, -0.15) is 0 Å².